The van der Waals surface area contributed by atoms with Crippen LogP contribution < -0.4 is 0 Å². The number of rotatable bonds is 25. The molecule has 1 aliphatic rings. The fourth-order valence-corrected chi connectivity index (χ4v) is 6.27. The van der Waals surface area contributed by atoms with Gasteiger partial charge in [0.05, 0.1) is 73.6 Å². The number of aliphatic hydroxyl groups is 5. The molecule has 53 heavy (non-hydrogen) atoms. The number of ether oxygens (including phenoxy) is 7. The number of carbonyl (C=O) groups is 2. The first-order chi connectivity index (χ1) is 24.3. The van der Waals surface area contributed by atoms with Gasteiger partial charge in [0.2, 0.25) is 5.91 Å². The Morgan fingerprint density at radius 2 is 1.47 bits per heavy atom. The molecular formula is C38H73NO14. The molecule has 1 fully saturated rings. The van der Waals surface area contributed by atoms with Crippen LogP contribution in [0.2, 0.25) is 0 Å². The van der Waals surface area contributed by atoms with Crippen molar-refractivity contribution in [3.63, 3.8) is 0 Å². The smallest absolute Gasteiger partial charge is 0.231 e. The third kappa shape index (κ3) is 14.6. The number of aldehydes is 1. The molecular weight excluding hydrogens is 694 g/mol. The molecule has 1 saturated heterocycles. The van der Waals surface area contributed by atoms with E-state index < -0.39 is 89.7 Å². The van der Waals surface area contributed by atoms with Gasteiger partial charge in [0.15, 0.2) is 6.29 Å². The molecule has 1 rings (SSSR count). The van der Waals surface area contributed by atoms with Gasteiger partial charge < -0.3 is 68.4 Å². The zero-order valence-corrected chi connectivity index (χ0v) is 34.7. The molecule has 0 spiro atoms. The van der Waals surface area contributed by atoms with Crippen molar-refractivity contribution in [3.8, 4) is 0 Å². The Morgan fingerprint density at radius 3 is 1.98 bits per heavy atom. The Morgan fingerprint density at radius 1 is 0.868 bits per heavy atom. The van der Waals surface area contributed by atoms with E-state index in [9.17, 15) is 35.1 Å². The van der Waals surface area contributed by atoms with Crippen molar-refractivity contribution in [2.45, 2.75) is 167 Å². The summed E-state index contributed by atoms with van der Waals surface area (Å²) in [6.07, 6.45) is -10.4. The number of carbonyl (C=O) groups excluding carboxylic acids is 2. The average molecular weight is 768 g/mol. The summed E-state index contributed by atoms with van der Waals surface area (Å²) in [4.78, 5) is 27.6. The molecule has 1 amide bonds. The lowest BCUT2D eigenvalue weighted by atomic mass is 9.81. The van der Waals surface area contributed by atoms with Gasteiger partial charge in [-0.1, -0.05) is 13.8 Å². The lowest BCUT2D eigenvalue weighted by molar-refractivity contribution is -0.284. The molecule has 0 aromatic heterocycles. The van der Waals surface area contributed by atoms with E-state index in [1.54, 1.807) is 55.7 Å². The van der Waals surface area contributed by atoms with Crippen LogP contribution in [0.25, 0.3) is 0 Å². The van der Waals surface area contributed by atoms with Gasteiger partial charge in [0, 0.05) is 20.7 Å². The van der Waals surface area contributed by atoms with Crippen LogP contribution in [0.3, 0.4) is 0 Å². The summed E-state index contributed by atoms with van der Waals surface area (Å²) in [5, 5.41) is 55.5. The topological polar surface area (TPSA) is 203 Å². The molecule has 5 N–H and O–H groups in total. The van der Waals surface area contributed by atoms with Crippen molar-refractivity contribution in [1.29, 1.82) is 0 Å². The first kappa shape index (κ1) is 49.7. The highest BCUT2D eigenvalue weighted by atomic mass is 16.6. The first-order valence-corrected chi connectivity index (χ1v) is 18.7. The van der Waals surface area contributed by atoms with Gasteiger partial charge in [-0.05, 0) is 81.6 Å². The summed E-state index contributed by atoms with van der Waals surface area (Å²) in [6.45, 7) is 21.7. The minimum absolute atomic E-state index is 0.00596. The second-order valence-corrected chi connectivity index (χ2v) is 16.9. The Labute approximate surface area is 317 Å². The molecule has 15 nitrogen and oxygen atoms in total. The number of amides is 1. The molecule has 0 radical (unpaired) electrons. The van der Waals surface area contributed by atoms with Crippen LogP contribution in [0.15, 0.2) is 0 Å². The van der Waals surface area contributed by atoms with Crippen molar-refractivity contribution >= 4 is 12.2 Å². The second kappa shape index (κ2) is 21.3. The van der Waals surface area contributed by atoms with E-state index >= 15 is 0 Å². The maximum Gasteiger partial charge on any atom is 0.231 e. The third-order valence-electron chi connectivity index (χ3n) is 10.1. The lowest BCUT2D eigenvalue weighted by Gasteiger charge is -2.48. The highest BCUT2D eigenvalue weighted by molar-refractivity contribution is 5.80. The van der Waals surface area contributed by atoms with E-state index in [0.29, 0.717) is 19.5 Å². The SMILES string of the molecule is COCCOCCN(C)C(=O)C(C(O)C(O)[C@@H](CO)OC(C)(C)C(C)C)C(C)(C)OCCC(C)(C)O[C@@H]1C(C=O)OC(C(C)(C)OC(C)C)C(O)C1O. The van der Waals surface area contributed by atoms with Crippen LogP contribution in [0, 0.1) is 11.8 Å². The Balaban J connectivity index is 3.23. The largest absolute Gasteiger partial charge is 0.394 e. The summed E-state index contributed by atoms with van der Waals surface area (Å²) < 4.78 is 41.0. The van der Waals surface area contributed by atoms with E-state index in [0.717, 1.165) is 0 Å². The zero-order valence-electron chi connectivity index (χ0n) is 34.7. The molecule has 0 saturated carbocycles. The summed E-state index contributed by atoms with van der Waals surface area (Å²) in [5.74, 6) is -1.86. The maximum atomic E-state index is 14.0. The van der Waals surface area contributed by atoms with E-state index in [2.05, 4.69) is 0 Å². The van der Waals surface area contributed by atoms with Crippen molar-refractivity contribution in [1.82, 2.24) is 4.90 Å². The molecule has 0 aromatic rings. The maximum absolute atomic E-state index is 14.0. The number of nitrogens with zero attached hydrogens (tertiary/aromatic N) is 1. The number of aliphatic hydroxyl groups excluding tert-OH is 5. The van der Waals surface area contributed by atoms with Gasteiger partial charge in [0.25, 0.3) is 0 Å². The normalized spacial score (nSPS) is 24.3. The second-order valence-electron chi connectivity index (χ2n) is 16.9. The van der Waals surface area contributed by atoms with Crippen LogP contribution in [0.4, 0.5) is 0 Å². The van der Waals surface area contributed by atoms with E-state index in [1.807, 2.05) is 41.5 Å². The summed E-state index contributed by atoms with van der Waals surface area (Å²) >= 11 is 0. The third-order valence-corrected chi connectivity index (χ3v) is 10.1. The summed E-state index contributed by atoms with van der Waals surface area (Å²) in [6, 6.07) is 0. The van der Waals surface area contributed by atoms with Gasteiger partial charge >= 0.3 is 0 Å². The molecule has 9 atom stereocenters. The minimum Gasteiger partial charge on any atom is -0.394 e. The number of likely N-dealkylation sites (N-methyl/N-ethyl adjacent to an activating group) is 1. The average Bonchev–Trinajstić information content (AvgIpc) is 3.04. The molecule has 0 aromatic carbocycles. The van der Waals surface area contributed by atoms with Gasteiger partial charge in [-0.3, -0.25) is 4.79 Å². The number of methoxy groups -OCH3 is 1. The monoisotopic (exact) mass is 768 g/mol. The minimum atomic E-state index is -1.72. The Bertz CT molecular complexity index is 1080. The fraction of sp³-hybridized carbons (Fsp3) is 0.947. The van der Waals surface area contributed by atoms with Crippen molar-refractivity contribution in [2.24, 2.45) is 11.8 Å². The zero-order chi connectivity index (χ0) is 41.1. The Kier molecular flexibility index (Phi) is 19.9. The highest BCUT2D eigenvalue weighted by Crippen LogP contribution is 2.36. The van der Waals surface area contributed by atoms with Crippen molar-refractivity contribution < 1.29 is 68.3 Å². The lowest BCUT2D eigenvalue weighted by Crippen LogP contribution is -2.65. The van der Waals surface area contributed by atoms with Crippen molar-refractivity contribution in [3.05, 3.63) is 0 Å². The van der Waals surface area contributed by atoms with Crippen LogP contribution in [-0.2, 0) is 42.7 Å². The van der Waals surface area contributed by atoms with E-state index in [1.165, 1.54) is 4.90 Å². The number of hydrogen-bond acceptors (Lipinski definition) is 14. The molecule has 7 unspecified atom stereocenters. The van der Waals surface area contributed by atoms with Crippen LogP contribution >= 0.6 is 0 Å². The standard InChI is InChI=1S/C38H73NO14/c1-23(2)36(7,8)52-25(21-40)28(42)29(43)27(34(46)39(13)16-18-48-20-19-47-14)37(9,10)49-17-15-35(5,6)53-32-26(22-41)50-33(31(45)30(32)44)38(11,12)51-24(3)4/h22-33,40,42-45H,15-21H2,1-14H3/t25-,26?,27?,28?,29?,30?,31?,32-,33?/m1/s1. The van der Waals surface area contributed by atoms with Gasteiger partial charge in [-0.15, -0.1) is 0 Å². The number of hydrogen-bond donors (Lipinski definition) is 5. The van der Waals surface area contributed by atoms with Gasteiger partial charge in [0.1, 0.15) is 42.7 Å². The van der Waals surface area contributed by atoms with E-state index in [4.69, 9.17) is 33.2 Å². The van der Waals surface area contributed by atoms with Crippen molar-refractivity contribution in [2.75, 3.05) is 53.7 Å². The van der Waals surface area contributed by atoms with Gasteiger partial charge in [-0.2, -0.15) is 0 Å². The highest BCUT2D eigenvalue weighted by Gasteiger charge is 2.53. The fourth-order valence-electron chi connectivity index (χ4n) is 6.27. The van der Waals surface area contributed by atoms with Gasteiger partial charge in [-0.25, -0.2) is 0 Å². The quantitative estimate of drug-likeness (QED) is 0.0661. The van der Waals surface area contributed by atoms with Crippen LogP contribution in [-0.4, -0.2) is 174 Å². The molecule has 314 valence electrons. The molecule has 1 heterocycles. The molecule has 0 bridgehead atoms. The summed E-state index contributed by atoms with van der Waals surface area (Å²) in [7, 11) is 3.11. The molecule has 0 aliphatic carbocycles. The van der Waals surface area contributed by atoms with E-state index in [-0.39, 0.29) is 38.2 Å². The van der Waals surface area contributed by atoms with Crippen LogP contribution in [0.5, 0.6) is 0 Å². The first-order valence-electron chi connectivity index (χ1n) is 18.7. The predicted molar refractivity (Wildman–Crippen MR) is 197 cm³/mol. The Hall–Kier alpha value is -1.34. The van der Waals surface area contributed by atoms with Crippen LogP contribution in [0.1, 0.15) is 89.5 Å². The molecule has 15 heteroatoms. The molecule has 1 aliphatic heterocycles. The predicted octanol–water partition coefficient (Wildman–Crippen LogP) is 1.50. The summed E-state index contributed by atoms with van der Waals surface area (Å²) in [5.41, 5.74) is -4.23.